The van der Waals surface area contributed by atoms with Crippen molar-refractivity contribution in [1.82, 2.24) is 5.32 Å². The highest BCUT2D eigenvalue weighted by atomic mass is 35.5. The number of rotatable bonds is 8. The van der Waals surface area contributed by atoms with Gasteiger partial charge >= 0.3 is 18.0 Å². The molecule has 0 spiro atoms. The van der Waals surface area contributed by atoms with Crippen LogP contribution in [0.4, 0.5) is 4.79 Å². The number of methoxy groups -OCH3 is 3. The highest BCUT2D eigenvalue weighted by molar-refractivity contribution is 6.30. The Kier molecular flexibility index (Phi) is 8.64. The van der Waals surface area contributed by atoms with Crippen LogP contribution in [0.25, 0.3) is 0 Å². The number of carbonyl (C=O) groups is 3. The zero-order valence-electron chi connectivity index (χ0n) is 16.8. The summed E-state index contributed by atoms with van der Waals surface area (Å²) in [5.41, 5.74) is 1.54. The van der Waals surface area contributed by atoms with Crippen molar-refractivity contribution in [1.29, 1.82) is 0 Å². The van der Waals surface area contributed by atoms with Crippen molar-refractivity contribution >= 4 is 29.6 Å². The van der Waals surface area contributed by atoms with E-state index in [-0.39, 0.29) is 24.3 Å². The molecule has 2 rings (SSSR count). The summed E-state index contributed by atoms with van der Waals surface area (Å²) in [6.45, 7) is 0.312. The van der Waals surface area contributed by atoms with Crippen LogP contribution in [-0.2, 0) is 18.9 Å². The molecule has 30 heavy (non-hydrogen) atoms. The number of carbonyl (C=O) groups excluding carboxylic acids is 3. The van der Waals surface area contributed by atoms with Gasteiger partial charge in [-0.2, -0.15) is 0 Å². The number of esters is 2. The molecular formula is C21H22ClNO7. The van der Waals surface area contributed by atoms with E-state index in [1.165, 1.54) is 27.4 Å². The first kappa shape index (κ1) is 23.2. The van der Waals surface area contributed by atoms with Crippen molar-refractivity contribution < 1.29 is 33.3 Å². The van der Waals surface area contributed by atoms with Crippen LogP contribution in [0.3, 0.4) is 0 Å². The molecule has 9 heteroatoms. The Balaban J connectivity index is 2.44. The van der Waals surface area contributed by atoms with Crippen LogP contribution in [0, 0.1) is 0 Å². The fraction of sp³-hybridized carbons (Fsp3) is 0.286. The number of ether oxygens (including phenoxy) is 4. The number of hydrogen-bond donors (Lipinski definition) is 1. The van der Waals surface area contributed by atoms with E-state index in [0.717, 1.165) is 0 Å². The maximum Gasteiger partial charge on any atom is 0.406 e. The van der Waals surface area contributed by atoms with Gasteiger partial charge in [-0.25, -0.2) is 14.4 Å². The lowest BCUT2D eigenvalue weighted by atomic mass is 9.97. The standard InChI is InChI=1S/C21H22ClNO7/c1-27-19(24)15-9-14(10-16(11-15)20(25)28-2)18(13-5-4-6-17(22)12-13)30-8-7-23-21(26)29-3/h4-6,9-12,18H,7-8H2,1-3H3,(H,23,26). The van der Waals surface area contributed by atoms with E-state index < -0.39 is 24.1 Å². The zero-order valence-corrected chi connectivity index (χ0v) is 17.5. The molecule has 2 aromatic rings. The summed E-state index contributed by atoms with van der Waals surface area (Å²) < 4.78 is 20.1. The molecule has 0 aliphatic carbocycles. The molecule has 0 aliphatic rings. The minimum Gasteiger partial charge on any atom is -0.465 e. The van der Waals surface area contributed by atoms with Crippen molar-refractivity contribution in [2.24, 2.45) is 0 Å². The summed E-state index contributed by atoms with van der Waals surface area (Å²) in [6.07, 6.45) is -1.27. The van der Waals surface area contributed by atoms with Gasteiger partial charge in [0.2, 0.25) is 0 Å². The van der Waals surface area contributed by atoms with Gasteiger partial charge in [0, 0.05) is 11.6 Å². The van der Waals surface area contributed by atoms with Crippen LogP contribution >= 0.6 is 11.6 Å². The minimum atomic E-state index is -0.684. The average Bonchev–Trinajstić information content (AvgIpc) is 2.77. The van der Waals surface area contributed by atoms with E-state index in [1.807, 2.05) is 0 Å². The molecular weight excluding hydrogens is 414 g/mol. The average molecular weight is 436 g/mol. The van der Waals surface area contributed by atoms with Crippen molar-refractivity contribution in [3.63, 3.8) is 0 Å². The molecule has 0 saturated heterocycles. The van der Waals surface area contributed by atoms with E-state index in [0.29, 0.717) is 16.1 Å². The Morgan fingerprint density at radius 1 is 0.900 bits per heavy atom. The molecule has 1 atom stereocenters. The van der Waals surface area contributed by atoms with Gasteiger partial charge in [0.25, 0.3) is 0 Å². The van der Waals surface area contributed by atoms with Gasteiger partial charge in [-0.3, -0.25) is 0 Å². The molecule has 1 N–H and O–H groups in total. The van der Waals surface area contributed by atoms with Crippen LogP contribution in [0.5, 0.6) is 0 Å². The third kappa shape index (κ3) is 6.20. The number of amides is 1. The number of benzene rings is 2. The van der Waals surface area contributed by atoms with Crippen LogP contribution in [0.15, 0.2) is 42.5 Å². The largest absolute Gasteiger partial charge is 0.465 e. The van der Waals surface area contributed by atoms with Gasteiger partial charge in [-0.1, -0.05) is 23.7 Å². The van der Waals surface area contributed by atoms with Crippen LogP contribution in [-0.4, -0.2) is 52.5 Å². The lowest BCUT2D eigenvalue weighted by Gasteiger charge is -2.21. The SMILES string of the molecule is COC(=O)NCCOC(c1cccc(Cl)c1)c1cc(C(=O)OC)cc(C(=O)OC)c1. The van der Waals surface area contributed by atoms with E-state index in [9.17, 15) is 14.4 Å². The van der Waals surface area contributed by atoms with Crippen molar-refractivity contribution in [2.45, 2.75) is 6.10 Å². The first-order chi connectivity index (χ1) is 14.4. The van der Waals surface area contributed by atoms with Crippen molar-refractivity contribution in [3.05, 3.63) is 69.7 Å². The maximum absolute atomic E-state index is 12.1. The molecule has 0 heterocycles. The quantitative estimate of drug-likeness (QED) is 0.385. The molecule has 0 aromatic heterocycles. The lowest BCUT2D eigenvalue weighted by molar-refractivity contribution is 0.0595. The molecule has 0 saturated carbocycles. The molecule has 0 bridgehead atoms. The van der Waals surface area contributed by atoms with Crippen LogP contribution in [0.1, 0.15) is 37.9 Å². The second-order valence-corrected chi connectivity index (χ2v) is 6.49. The fourth-order valence-electron chi connectivity index (χ4n) is 2.73. The zero-order chi connectivity index (χ0) is 22.1. The van der Waals surface area contributed by atoms with E-state index in [1.54, 1.807) is 36.4 Å². The van der Waals surface area contributed by atoms with Gasteiger partial charge in [0.05, 0.1) is 39.1 Å². The smallest absolute Gasteiger partial charge is 0.406 e. The van der Waals surface area contributed by atoms with Crippen LogP contribution < -0.4 is 5.32 Å². The Labute approximate surface area is 179 Å². The third-order valence-corrected chi connectivity index (χ3v) is 4.33. The maximum atomic E-state index is 12.1. The summed E-state index contributed by atoms with van der Waals surface area (Å²) in [6, 6.07) is 11.5. The van der Waals surface area contributed by atoms with Gasteiger partial charge < -0.3 is 24.3 Å². The molecule has 8 nitrogen and oxygen atoms in total. The summed E-state index contributed by atoms with van der Waals surface area (Å²) in [5, 5.41) is 3.01. The van der Waals surface area contributed by atoms with E-state index in [4.69, 9.17) is 25.8 Å². The second kappa shape index (κ2) is 11.2. The van der Waals surface area contributed by atoms with Gasteiger partial charge in [0.15, 0.2) is 0 Å². The van der Waals surface area contributed by atoms with E-state index in [2.05, 4.69) is 10.1 Å². The Bertz CT molecular complexity index is 882. The highest BCUT2D eigenvalue weighted by Crippen LogP contribution is 2.30. The predicted molar refractivity (Wildman–Crippen MR) is 109 cm³/mol. The summed E-state index contributed by atoms with van der Waals surface area (Å²) >= 11 is 6.13. The molecule has 0 radical (unpaired) electrons. The summed E-state index contributed by atoms with van der Waals surface area (Å²) in [4.78, 5) is 35.5. The van der Waals surface area contributed by atoms with Gasteiger partial charge in [0.1, 0.15) is 6.10 Å². The molecule has 1 amide bonds. The minimum absolute atomic E-state index is 0.127. The van der Waals surface area contributed by atoms with Crippen LogP contribution in [0.2, 0.25) is 5.02 Å². The predicted octanol–water partition coefficient (Wildman–Crippen LogP) is 3.38. The number of halogens is 1. The fourth-order valence-corrected chi connectivity index (χ4v) is 2.93. The number of hydrogen-bond acceptors (Lipinski definition) is 7. The first-order valence-corrected chi connectivity index (χ1v) is 9.28. The highest BCUT2D eigenvalue weighted by Gasteiger charge is 2.21. The molecule has 1 unspecified atom stereocenters. The summed E-state index contributed by atoms with van der Waals surface area (Å²) in [7, 11) is 3.75. The Hall–Kier alpha value is -3.10. The van der Waals surface area contributed by atoms with Crippen molar-refractivity contribution in [2.75, 3.05) is 34.5 Å². The number of nitrogens with one attached hydrogen (secondary N) is 1. The second-order valence-electron chi connectivity index (χ2n) is 6.05. The Morgan fingerprint density at radius 2 is 1.53 bits per heavy atom. The van der Waals surface area contributed by atoms with Crippen molar-refractivity contribution in [3.8, 4) is 0 Å². The first-order valence-electron chi connectivity index (χ1n) is 8.90. The topological polar surface area (TPSA) is 100 Å². The normalized spacial score (nSPS) is 11.3. The van der Waals surface area contributed by atoms with Gasteiger partial charge in [-0.05, 0) is 41.5 Å². The molecule has 0 fully saturated rings. The van der Waals surface area contributed by atoms with E-state index >= 15 is 0 Å². The molecule has 160 valence electrons. The third-order valence-electron chi connectivity index (χ3n) is 4.09. The molecule has 2 aromatic carbocycles. The molecule has 0 aliphatic heterocycles. The monoisotopic (exact) mass is 435 g/mol. The Morgan fingerprint density at radius 3 is 2.07 bits per heavy atom. The van der Waals surface area contributed by atoms with Gasteiger partial charge in [-0.15, -0.1) is 0 Å². The summed E-state index contributed by atoms with van der Waals surface area (Å²) in [5.74, 6) is -1.22. The lowest BCUT2D eigenvalue weighted by Crippen LogP contribution is -2.27. The number of alkyl carbamates (subject to hydrolysis) is 1.